The molecule has 0 aliphatic carbocycles. The second kappa shape index (κ2) is 7.68. The average Bonchev–Trinajstić information content (AvgIpc) is 2.73. The number of aromatic nitrogens is 2. The molecule has 6 heteroatoms. The van der Waals surface area contributed by atoms with Crippen LogP contribution in [0.4, 0.5) is 4.39 Å². The number of carbonyl (C=O) groups is 1. The molecule has 0 bridgehead atoms. The van der Waals surface area contributed by atoms with Gasteiger partial charge in [-0.1, -0.05) is 30.7 Å². The quantitative estimate of drug-likeness (QED) is 0.646. The van der Waals surface area contributed by atoms with Gasteiger partial charge in [0.05, 0.1) is 11.4 Å². The van der Waals surface area contributed by atoms with Crippen LogP contribution in [0, 0.1) is 5.82 Å². The molecule has 1 amide bonds. The topological polar surface area (TPSA) is 46.1 Å². The van der Waals surface area contributed by atoms with E-state index >= 15 is 0 Å². The number of hydrogen-bond acceptors (Lipinski definition) is 3. The molecule has 0 saturated carbocycles. The maximum Gasteiger partial charge on any atom is 0.254 e. The van der Waals surface area contributed by atoms with Crippen LogP contribution < -0.4 is 0 Å². The number of carbonyl (C=O) groups excluding carboxylic acids is 1. The molecule has 0 N–H and O–H groups in total. The van der Waals surface area contributed by atoms with Crippen LogP contribution in [0.2, 0.25) is 5.02 Å². The molecule has 0 saturated heterocycles. The summed E-state index contributed by atoms with van der Waals surface area (Å²) >= 11 is 6.03. The molecule has 0 radical (unpaired) electrons. The van der Waals surface area contributed by atoms with Gasteiger partial charge in [-0.25, -0.2) is 14.4 Å². The van der Waals surface area contributed by atoms with Gasteiger partial charge in [-0.3, -0.25) is 4.79 Å². The lowest BCUT2D eigenvalue weighted by atomic mass is 9.98. The fourth-order valence-electron chi connectivity index (χ4n) is 3.42. The smallest absolute Gasteiger partial charge is 0.254 e. The summed E-state index contributed by atoms with van der Waals surface area (Å²) in [6.07, 6.45) is 1.41. The molecule has 1 aromatic heterocycles. The van der Waals surface area contributed by atoms with Crippen molar-refractivity contribution in [3.63, 3.8) is 0 Å². The summed E-state index contributed by atoms with van der Waals surface area (Å²) in [5.74, 6) is 0.320. The molecule has 28 heavy (non-hydrogen) atoms. The third kappa shape index (κ3) is 3.62. The van der Waals surface area contributed by atoms with Crippen LogP contribution in [0.5, 0.6) is 0 Å². The average molecular weight is 396 g/mol. The Balaban J connectivity index is 1.71. The summed E-state index contributed by atoms with van der Waals surface area (Å²) in [4.78, 5) is 24.1. The molecule has 4 rings (SSSR count). The van der Waals surface area contributed by atoms with Gasteiger partial charge >= 0.3 is 0 Å². The molecule has 2 aromatic carbocycles. The van der Waals surface area contributed by atoms with Crippen LogP contribution in [0.1, 0.15) is 34.4 Å². The third-order valence-corrected chi connectivity index (χ3v) is 5.17. The summed E-state index contributed by atoms with van der Waals surface area (Å²) in [6, 6.07) is 13.2. The summed E-state index contributed by atoms with van der Waals surface area (Å²) < 4.78 is 13.2. The van der Waals surface area contributed by atoms with Gasteiger partial charge in [0.15, 0.2) is 0 Å². The number of rotatable bonds is 3. The van der Waals surface area contributed by atoms with Crippen molar-refractivity contribution in [1.82, 2.24) is 14.9 Å². The zero-order valence-electron chi connectivity index (χ0n) is 15.5. The van der Waals surface area contributed by atoms with E-state index in [-0.39, 0.29) is 11.7 Å². The fourth-order valence-corrected chi connectivity index (χ4v) is 3.54. The summed E-state index contributed by atoms with van der Waals surface area (Å²) in [7, 11) is 0. The predicted molar refractivity (Wildman–Crippen MR) is 107 cm³/mol. The van der Waals surface area contributed by atoms with Crippen LogP contribution in [0.15, 0.2) is 48.5 Å². The summed E-state index contributed by atoms with van der Waals surface area (Å²) in [5.41, 5.74) is 4.22. The largest absolute Gasteiger partial charge is 0.334 e. The first kappa shape index (κ1) is 18.6. The van der Waals surface area contributed by atoms with Crippen LogP contribution in [-0.4, -0.2) is 27.3 Å². The zero-order valence-corrected chi connectivity index (χ0v) is 16.2. The molecule has 0 spiro atoms. The molecule has 1 aliphatic heterocycles. The molecule has 4 nitrogen and oxygen atoms in total. The minimum Gasteiger partial charge on any atom is -0.334 e. The second-order valence-electron chi connectivity index (χ2n) is 6.76. The van der Waals surface area contributed by atoms with Gasteiger partial charge in [0, 0.05) is 47.6 Å². The van der Waals surface area contributed by atoms with Crippen LogP contribution in [0.25, 0.3) is 11.3 Å². The lowest BCUT2D eigenvalue weighted by molar-refractivity contribution is 0.0733. The van der Waals surface area contributed by atoms with Crippen molar-refractivity contribution in [2.24, 2.45) is 0 Å². The molecular weight excluding hydrogens is 377 g/mol. The SMILES string of the molecule is CCc1nc2c(c(-c3ccc(Cl)cc3)n1)CN(C(=O)c1ccc(F)cc1)CC2. The lowest BCUT2D eigenvalue weighted by Gasteiger charge is -2.30. The highest BCUT2D eigenvalue weighted by molar-refractivity contribution is 6.30. The number of fused-ring (bicyclic) bond motifs is 1. The minimum atomic E-state index is -0.356. The van der Waals surface area contributed by atoms with E-state index in [1.54, 1.807) is 4.90 Å². The number of aryl methyl sites for hydroxylation is 1. The molecule has 0 fully saturated rings. The molecule has 0 atom stereocenters. The Labute approximate surface area is 168 Å². The third-order valence-electron chi connectivity index (χ3n) is 4.92. The maximum atomic E-state index is 13.2. The summed E-state index contributed by atoms with van der Waals surface area (Å²) in [5, 5.41) is 0.663. The normalized spacial score (nSPS) is 13.3. The number of hydrogen-bond donors (Lipinski definition) is 0. The highest BCUT2D eigenvalue weighted by atomic mass is 35.5. The number of benzene rings is 2. The van der Waals surface area contributed by atoms with Gasteiger partial charge in [0.25, 0.3) is 5.91 Å². The van der Waals surface area contributed by atoms with Gasteiger partial charge in [0.1, 0.15) is 11.6 Å². The van der Waals surface area contributed by atoms with Gasteiger partial charge in [0.2, 0.25) is 0 Å². The Kier molecular flexibility index (Phi) is 5.09. The van der Waals surface area contributed by atoms with E-state index in [4.69, 9.17) is 16.6 Å². The molecular formula is C22H19ClFN3O. The van der Waals surface area contributed by atoms with E-state index in [0.717, 1.165) is 34.8 Å². The monoisotopic (exact) mass is 395 g/mol. The number of nitrogens with zero attached hydrogens (tertiary/aromatic N) is 3. The van der Waals surface area contributed by atoms with E-state index in [9.17, 15) is 9.18 Å². The Morgan fingerprint density at radius 1 is 1.11 bits per heavy atom. The van der Waals surface area contributed by atoms with Gasteiger partial charge < -0.3 is 4.90 Å². The molecule has 1 aliphatic rings. The minimum absolute atomic E-state index is 0.118. The van der Waals surface area contributed by atoms with E-state index in [1.807, 2.05) is 31.2 Å². The first-order valence-corrected chi connectivity index (χ1v) is 9.62. The van der Waals surface area contributed by atoms with Gasteiger partial charge in [-0.15, -0.1) is 0 Å². The van der Waals surface area contributed by atoms with Crippen molar-refractivity contribution in [3.8, 4) is 11.3 Å². The Bertz CT molecular complexity index is 1020. The fraction of sp³-hybridized carbons (Fsp3) is 0.227. The lowest BCUT2D eigenvalue weighted by Crippen LogP contribution is -2.37. The standard InChI is InChI=1S/C22H19ClFN3O/c1-2-20-25-19-11-12-27(22(28)15-5-9-17(24)10-6-15)13-18(19)21(26-20)14-3-7-16(23)8-4-14/h3-10H,2,11-13H2,1H3. The van der Waals surface area contributed by atoms with E-state index < -0.39 is 0 Å². The van der Waals surface area contributed by atoms with Crippen molar-refractivity contribution in [2.45, 2.75) is 26.3 Å². The van der Waals surface area contributed by atoms with E-state index in [0.29, 0.717) is 30.1 Å². The van der Waals surface area contributed by atoms with Crippen LogP contribution >= 0.6 is 11.6 Å². The van der Waals surface area contributed by atoms with Crippen molar-refractivity contribution < 1.29 is 9.18 Å². The number of halogens is 2. The Hall–Kier alpha value is -2.79. The van der Waals surface area contributed by atoms with E-state index in [1.165, 1.54) is 24.3 Å². The van der Waals surface area contributed by atoms with Crippen LogP contribution in [0.3, 0.4) is 0 Å². The second-order valence-corrected chi connectivity index (χ2v) is 7.19. The summed E-state index contributed by atoms with van der Waals surface area (Å²) in [6.45, 7) is 3.03. The van der Waals surface area contributed by atoms with Crippen molar-refractivity contribution in [3.05, 3.63) is 82.0 Å². The first-order chi connectivity index (χ1) is 13.5. The highest BCUT2D eigenvalue weighted by Crippen LogP contribution is 2.30. The van der Waals surface area contributed by atoms with Crippen LogP contribution in [-0.2, 0) is 19.4 Å². The van der Waals surface area contributed by atoms with E-state index in [2.05, 4.69) is 4.98 Å². The maximum absolute atomic E-state index is 13.2. The number of amides is 1. The zero-order chi connectivity index (χ0) is 19.7. The highest BCUT2D eigenvalue weighted by Gasteiger charge is 2.26. The first-order valence-electron chi connectivity index (χ1n) is 9.24. The Morgan fingerprint density at radius 2 is 1.82 bits per heavy atom. The van der Waals surface area contributed by atoms with Gasteiger partial charge in [-0.05, 0) is 36.4 Å². The predicted octanol–water partition coefficient (Wildman–Crippen LogP) is 4.70. The molecule has 3 aromatic rings. The van der Waals surface area contributed by atoms with Crippen molar-refractivity contribution in [2.75, 3.05) is 6.54 Å². The van der Waals surface area contributed by atoms with Gasteiger partial charge in [-0.2, -0.15) is 0 Å². The van der Waals surface area contributed by atoms with Crippen molar-refractivity contribution in [1.29, 1.82) is 0 Å². The molecule has 2 heterocycles. The molecule has 0 unspecified atom stereocenters. The molecule has 142 valence electrons. The van der Waals surface area contributed by atoms with Crippen molar-refractivity contribution >= 4 is 17.5 Å². The Morgan fingerprint density at radius 3 is 2.50 bits per heavy atom.